The van der Waals surface area contributed by atoms with Crippen LogP contribution < -0.4 is 10.6 Å². The fourth-order valence-electron chi connectivity index (χ4n) is 2.22. The third-order valence-electron chi connectivity index (χ3n) is 3.49. The van der Waals surface area contributed by atoms with Crippen LogP contribution in [0.3, 0.4) is 0 Å². The minimum absolute atomic E-state index is 0.0459. The van der Waals surface area contributed by atoms with Gasteiger partial charge >= 0.3 is 5.76 Å². The van der Waals surface area contributed by atoms with Crippen molar-refractivity contribution in [2.45, 2.75) is 17.7 Å². The first-order valence-electron chi connectivity index (χ1n) is 7.23. The lowest BCUT2D eigenvalue weighted by Gasteiger charge is -2.07. The van der Waals surface area contributed by atoms with E-state index in [0.29, 0.717) is 18.4 Å². The molecule has 0 aliphatic heterocycles. The molecule has 0 unspecified atom stereocenters. The number of aromatic nitrogens is 1. The molecular formula is C15H16N2O6S. The number of aryl methyl sites for hydroxylation is 2. The van der Waals surface area contributed by atoms with Crippen molar-refractivity contribution in [2.24, 2.45) is 7.05 Å². The number of nitrogens with one attached hydrogen (secondary N) is 1. The van der Waals surface area contributed by atoms with Gasteiger partial charge in [-0.05, 0) is 30.7 Å². The Hall–Kier alpha value is -2.36. The van der Waals surface area contributed by atoms with Crippen molar-refractivity contribution in [1.29, 1.82) is 0 Å². The van der Waals surface area contributed by atoms with Gasteiger partial charge in [0.05, 0.1) is 23.3 Å². The fraction of sp³-hybridized carbons (Fsp3) is 0.267. The highest BCUT2D eigenvalue weighted by molar-refractivity contribution is 7.89. The summed E-state index contributed by atoms with van der Waals surface area (Å²) in [6.07, 6.45) is 2.83. The lowest BCUT2D eigenvalue weighted by molar-refractivity contribution is 0.0905. The number of fused-ring (bicyclic) bond motifs is 1. The summed E-state index contributed by atoms with van der Waals surface area (Å²) >= 11 is 0. The first-order valence-corrected chi connectivity index (χ1v) is 8.71. The first kappa shape index (κ1) is 16.5. The van der Waals surface area contributed by atoms with Gasteiger partial charge in [0.2, 0.25) is 0 Å². The highest BCUT2D eigenvalue weighted by Gasteiger charge is 2.17. The van der Waals surface area contributed by atoms with Crippen LogP contribution in [0.15, 0.2) is 55.1 Å². The van der Waals surface area contributed by atoms with Crippen LogP contribution in [-0.4, -0.2) is 19.6 Å². The molecule has 0 amide bonds. The lowest BCUT2D eigenvalue weighted by atomic mass is 10.3. The Morgan fingerprint density at radius 1 is 1.29 bits per heavy atom. The van der Waals surface area contributed by atoms with E-state index in [2.05, 4.69) is 4.89 Å². The van der Waals surface area contributed by atoms with E-state index in [1.54, 1.807) is 19.4 Å². The van der Waals surface area contributed by atoms with Gasteiger partial charge in [-0.15, -0.1) is 0 Å². The van der Waals surface area contributed by atoms with Crippen LogP contribution in [0.2, 0.25) is 0 Å². The topological polar surface area (TPSA) is 104 Å². The maximum Gasteiger partial charge on any atom is 0.419 e. The molecule has 9 heteroatoms. The molecular weight excluding hydrogens is 336 g/mol. The summed E-state index contributed by atoms with van der Waals surface area (Å²) in [4.78, 5) is 18.5. The number of oxazole rings is 1. The number of rotatable bonds is 7. The summed E-state index contributed by atoms with van der Waals surface area (Å²) in [6, 6.07) is 7.80. The van der Waals surface area contributed by atoms with E-state index >= 15 is 0 Å². The van der Waals surface area contributed by atoms with Crippen molar-refractivity contribution in [3.63, 3.8) is 0 Å². The number of hydrogen-bond donors (Lipinski definition) is 1. The molecule has 0 atom stereocenters. The second-order valence-electron chi connectivity index (χ2n) is 5.17. The van der Waals surface area contributed by atoms with Crippen LogP contribution in [0.1, 0.15) is 12.2 Å². The van der Waals surface area contributed by atoms with E-state index in [1.807, 2.05) is 6.07 Å². The molecule has 0 fully saturated rings. The molecule has 0 saturated heterocycles. The van der Waals surface area contributed by atoms with Crippen molar-refractivity contribution < 1.29 is 22.1 Å². The summed E-state index contributed by atoms with van der Waals surface area (Å²) in [5, 5.41) is 0. The summed E-state index contributed by atoms with van der Waals surface area (Å²) in [5.41, 5.74) is 0.710. The summed E-state index contributed by atoms with van der Waals surface area (Å²) in [5.74, 6) is 0.257. The summed E-state index contributed by atoms with van der Waals surface area (Å²) in [6.45, 7) is 0.197. The van der Waals surface area contributed by atoms with Gasteiger partial charge in [-0.25, -0.2) is 13.2 Å². The van der Waals surface area contributed by atoms with Crippen molar-refractivity contribution in [2.75, 3.05) is 6.61 Å². The second-order valence-corrected chi connectivity index (χ2v) is 6.82. The van der Waals surface area contributed by atoms with Gasteiger partial charge in [-0.2, -0.15) is 0 Å². The smallest absolute Gasteiger partial charge is 0.419 e. The van der Waals surface area contributed by atoms with Crippen molar-refractivity contribution in [3.05, 3.63) is 52.9 Å². The minimum Gasteiger partial charge on any atom is -0.469 e. The van der Waals surface area contributed by atoms with Crippen molar-refractivity contribution in [3.8, 4) is 0 Å². The Kier molecular flexibility index (Phi) is 4.56. The molecule has 0 aliphatic rings. The van der Waals surface area contributed by atoms with Gasteiger partial charge in [-0.3, -0.25) is 9.40 Å². The highest BCUT2D eigenvalue weighted by Crippen LogP contribution is 2.17. The lowest BCUT2D eigenvalue weighted by Crippen LogP contribution is -2.24. The zero-order valence-corrected chi connectivity index (χ0v) is 13.7. The van der Waals surface area contributed by atoms with Crippen molar-refractivity contribution in [1.82, 2.24) is 9.45 Å². The van der Waals surface area contributed by atoms with Crippen LogP contribution in [0, 0.1) is 0 Å². The van der Waals surface area contributed by atoms with Gasteiger partial charge < -0.3 is 8.83 Å². The molecule has 128 valence electrons. The van der Waals surface area contributed by atoms with Crippen LogP contribution in [0.25, 0.3) is 11.1 Å². The normalized spacial score (nSPS) is 12.0. The Bertz CT molecular complexity index is 985. The predicted molar refractivity (Wildman–Crippen MR) is 84.8 cm³/mol. The maximum absolute atomic E-state index is 12.2. The number of nitrogens with zero attached hydrogens (tertiary/aromatic N) is 1. The Morgan fingerprint density at radius 2 is 2.12 bits per heavy atom. The van der Waals surface area contributed by atoms with Gasteiger partial charge in [0.25, 0.3) is 10.0 Å². The molecule has 24 heavy (non-hydrogen) atoms. The average Bonchev–Trinajstić information content (AvgIpc) is 3.16. The number of benzene rings is 1. The summed E-state index contributed by atoms with van der Waals surface area (Å²) in [7, 11) is -2.31. The maximum atomic E-state index is 12.2. The molecule has 2 heterocycles. The van der Waals surface area contributed by atoms with E-state index in [-0.39, 0.29) is 17.1 Å². The molecule has 0 bridgehead atoms. The zero-order valence-electron chi connectivity index (χ0n) is 12.9. The Morgan fingerprint density at radius 3 is 2.88 bits per heavy atom. The van der Waals surface area contributed by atoms with Crippen LogP contribution in [0.5, 0.6) is 0 Å². The Balaban J connectivity index is 1.61. The predicted octanol–water partition coefficient (Wildman–Crippen LogP) is 1.57. The zero-order chi connectivity index (χ0) is 17.2. The molecule has 1 N–H and O–H groups in total. The molecule has 0 aliphatic carbocycles. The molecule has 0 spiro atoms. The van der Waals surface area contributed by atoms with Gasteiger partial charge in [0.15, 0.2) is 5.58 Å². The molecule has 0 saturated carbocycles. The van der Waals surface area contributed by atoms with E-state index < -0.39 is 15.8 Å². The van der Waals surface area contributed by atoms with E-state index in [1.165, 1.54) is 22.8 Å². The molecule has 1 aromatic carbocycles. The number of hydrogen-bond acceptors (Lipinski definition) is 6. The van der Waals surface area contributed by atoms with Crippen LogP contribution in [-0.2, 0) is 28.3 Å². The Labute approximate surface area is 137 Å². The third-order valence-corrected chi connectivity index (χ3v) is 4.70. The SMILES string of the molecule is Cn1c(=O)oc2cc(S(=O)(=O)NOCCCc3ccco3)ccc21. The van der Waals surface area contributed by atoms with E-state index in [4.69, 9.17) is 13.7 Å². The summed E-state index contributed by atoms with van der Waals surface area (Å²) < 4.78 is 35.8. The van der Waals surface area contributed by atoms with Crippen LogP contribution in [0.4, 0.5) is 0 Å². The number of furan rings is 1. The monoisotopic (exact) mass is 352 g/mol. The molecule has 8 nitrogen and oxygen atoms in total. The minimum atomic E-state index is -3.86. The van der Waals surface area contributed by atoms with Crippen molar-refractivity contribution >= 4 is 21.1 Å². The van der Waals surface area contributed by atoms with E-state index in [9.17, 15) is 13.2 Å². The number of sulfonamides is 1. The molecule has 3 aromatic rings. The quantitative estimate of drug-likeness (QED) is 0.511. The first-order chi connectivity index (χ1) is 11.5. The highest BCUT2D eigenvalue weighted by atomic mass is 32.2. The molecule has 0 radical (unpaired) electrons. The largest absolute Gasteiger partial charge is 0.469 e. The van der Waals surface area contributed by atoms with Gasteiger partial charge in [-0.1, -0.05) is 4.89 Å². The van der Waals surface area contributed by atoms with Crippen LogP contribution >= 0.6 is 0 Å². The third kappa shape index (κ3) is 3.42. The average molecular weight is 352 g/mol. The van der Waals surface area contributed by atoms with Gasteiger partial charge in [0, 0.05) is 19.5 Å². The van der Waals surface area contributed by atoms with E-state index in [0.717, 1.165) is 5.76 Å². The molecule has 3 rings (SSSR count). The second kappa shape index (κ2) is 6.63. The van der Waals surface area contributed by atoms with Gasteiger partial charge in [0.1, 0.15) is 5.76 Å². The molecule has 2 aromatic heterocycles. The standard InChI is InChI=1S/C15H16N2O6S/c1-17-13-7-6-12(10-14(13)23-15(17)18)24(19,20)16-22-9-3-5-11-4-2-8-21-11/h2,4,6-8,10,16H,3,5,9H2,1H3. The fourth-order valence-corrected chi connectivity index (χ4v) is 3.07.